The summed E-state index contributed by atoms with van der Waals surface area (Å²) in [6.45, 7) is 1.22. The van der Waals surface area contributed by atoms with Crippen molar-refractivity contribution in [3.63, 3.8) is 0 Å². The molecule has 4 rings (SSSR count). The van der Waals surface area contributed by atoms with Crippen LogP contribution in [0.2, 0.25) is 0 Å². The molecular weight excluding hydrogens is 363 g/mol. The number of aromatic nitrogens is 2. The van der Waals surface area contributed by atoms with E-state index in [2.05, 4.69) is 10.4 Å². The highest BCUT2D eigenvalue weighted by atomic mass is 19.1. The van der Waals surface area contributed by atoms with Gasteiger partial charge in [0.2, 0.25) is 5.91 Å². The number of benzene rings is 1. The fourth-order valence-corrected chi connectivity index (χ4v) is 3.94. The molecule has 0 unspecified atom stereocenters. The Bertz CT molecular complexity index is 861. The first-order chi connectivity index (χ1) is 13.6. The first-order valence-corrected chi connectivity index (χ1v) is 9.66. The van der Waals surface area contributed by atoms with E-state index in [4.69, 9.17) is 4.74 Å². The fourth-order valence-electron chi connectivity index (χ4n) is 3.94. The van der Waals surface area contributed by atoms with Crippen LogP contribution in [0.15, 0.2) is 36.5 Å². The molecule has 8 heteroatoms. The minimum Gasteiger partial charge on any atom is -0.449 e. The van der Waals surface area contributed by atoms with Gasteiger partial charge in [0, 0.05) is 30.8 Å². The van der Waals surface area contributed by atoms with Crippen molar-refractivity contribution in [3.8, 4) is 5.69 Å². The minimum absolute atomic E-state index is 0.0848. The molecule has 1 aromatic heterocycles. The van der Waals surface area contributed by atoms with E-state index >= 15 is 0 Å². The van der Waals surface area contributed by atoms with Crippen molar-refractivity contribution in [3.05, 3.63) is 42.3 Å². The van der Waals surface area contributed by atoms with E-state index in [0.717, 1.165) is 25.8 Å². The van der Waals surface area contributed by atoms with E-state index in [-0.39, 0.29) is 29.8 Å². The number of ether oxygens (including phenoxy) is 1. The van der Waals surface area contributed by atoms with Crippen molar-refractivity contribution < 1.29 is 18.7 Å². The summed E-state index contributed by atoms with van der Waals surface area (Å²) in [7, 11) is 0. The molecule has 0 radical (unpaired) electrons. The van der Waals surface area contributed by atoms with Crippen molar-refractivity contribution in [1.29, 1.82) is 0 Å². The maximum Gasteiger partial charge on any atom is 0.410 e. The van der Waals surface area contributed by atoms with E-state index in [9.17, 15) is 14.0 Å². The van der Waals surface area contributed by atoms with Crippen LogP contribution in [0.1, 0.15) is 32.1 Å². The SMILES string of the molecule is O=C1OCCCN1[C@H]1CC[C@@H](C(=O)Nc2ccn(-c3ccccc3F)n2)CC1. The second-order valence-corrected chi connectivity index (χ2v) is 7.25. The third kappa shape index (κ3) is 3.85. The van der Waals surface area contributed by atoms with Gasteiger partial charge < -0.3 is 15.0 Å². The van der Waals surface area contributed by atoms with Gasteiger partial charge >= 0.3 is 6.09 Å². The molecule has 0 bridgehead atoms. The lowest BCUT2D eigenvalue weighted by Gasteiger charge is -2.37. The molecule has 1 aromatic carbocycles. The van der Waals surface area contributed by atoms with Crippen molar-refractivity contribution in [2.24, 2.45) is 5.92 Å². The predicted molar refractivity (Wildman–Crippen MR) is 101 cm³/mol. The van der Waals surface area contributed by atoms with Crippen LogP contribution in [0.4, 0.5) is 15.0 Å². The van der Waals surface area contributed by atoms with E-state index in [0.29, 0.717) is 31.0 Å². The van der Waals surface area contributed by atoms with Crippen LogP contribution in [0, 0.1) is 11.7 Å². The van der Waals surface area contributed by atoms with E-state index in [1.54, 1.807) is 35.4 Å². The second-order valence-electron chi connectivity index (χ2n) is 7.25. The molecule has 1 aliphatic carbocycles. The predicted octanol–water partition coefficient (Wildman–Crippen LogP) is 3.35. The first kappa shape index (κ1) is 18.5. The zero-order chi connectivity index (χ0) is 19.5. The molecule has 1 saturated heterocycles. The Labute approximate surface area is 162 Å². The van der Waals surface area contributed by atoms with Crippen molar-refractivity contribution >= 4 is 17.8 Å². The molecule has 1 saturated carbocycles. The van der Waals surface area contributed by atoms with Gasteiger partial charge in [0.1, 0.15) is 11.5 Å². The van der Waals surface area contributed by atoms with E-state index in [1.165, 1.54) is 10.7 Å². The van der Waals surface area contributed by atoms with Crippen LogP contribution >= 0.6 is 0 Å². The summed E-state index contributed by atoms with van der Waals surface area (Å²) in [4.78, 5) is 26.3. The fraction of sp³-hybridized carbons (Fsp3) is 0.450. The van der Waals surface area contributed by atoms with Gasteiger partial charge in [-0.05, 0) is 44.2 Å². The molecule has 2 aliphatic rings. The molecule has 2 amide bonds. The summed E-state index contributed by atoms with van der Waals surface area (Å²) in [5.41, 5.74) is 0.330. The van der Waals surface area contributed by atoms with Crippen LogP contribution in [0.25, 0.3) is 5.69 Å². The number of nitrogens with one attached hydrogen (secondary N) is 1. The third-order valence-corrected chi connectivity index (χ3v) is 5.45. The summed E-state index contributed by atoms with van der Waals surface area (Å²) in [5.74, 6) is -0.179. The average Bonchev–Trinajstić information content (AvgIpc) is 3.17. The number of nitrogens with zero attached hydrogens (tertiary/aromatic N) is 3. The van der Waals surface area contributed by atoms with Crippen LogP contribution < -0.4 is 5.32 Å². The monoisotopic (exact) mass is 386 g/mol. The van der Waals surface area contributed by atoms with Gasteiger partial charge in [0.05, 0.1) is 6.61 Å². The van der Waals surface area contributed by atoms with Crippen molar-refractivity contribution in [2.45, 2.75) is 38.1 Å². The largest absolute Gasteiger partial charge is 0.449 e. The Balaban J connectivity index is 1.33. The molecule has 148 valence electrons. The summed E-state index contributed by atoms with van der Waals surface area (Å²) in [5, 5.41) is 7.08. The van der Waals surface area contributed by atoms with E-state index < -0.39 is 0 Å². The normalized spacial score (nSPS) is 22.6. The molecule has 7 nitrogen and oxygen atoms in total. The van der Waals surface area contributed by atoms with Gasteiger partial charge in [-0.25, -0.2) is 13.9 Å². The Morgan fingerprint density at radius 1 is 1.18 bits per heavy atom. The Morgan fingerprint density at radius 2 is 1.96 bits per heavy atom. The van der Waals surface area contributed by atoms with Crippen molar-refractivity contribution in [1.82, 2.24) is 14.7 Å². The Kier molecular flexibility index (Phi) is 5.27. The highest BCUT2D eigenvalue weighted by Gasteiger charge is 2.33. The molecule has 1 N–H and O–H groups in total. The van der Waals surface area contributed by atoms with Gasteiger partial charge in [0.15, 0.2) is 5.82 Å². The first-order valence-electron chi connectivity index (χ1n) is 9.66. The maximum atomic E-state index is 13.9. The topological polar surface area (TPSA) is 76.5 Å². The van der Waals surface area contributed by atoms with Crippen LogP contribution in [0.3, 0.4) is 0 Å². The minimum atomic E-state index is -0.377. The van der Waals surface area contributed by atoms with Crippen LogP contribution in [-0.4, -0.2) is 45.9 Å². The lowest BCUT2D eigenvalue weighted by atomic mass is 9.84. The van der Waals surface area contributed by atoms with E-state index in [1.807, 2.05) is 0 Å². The number of rotatable bonds is 4. The zero-order valence-corrected chi connectivity index (χ0v) is 15.5. The number of halogens is 1. The quantitative estimate of drug-likeness (QED) is 0.874. The maximum absolute atomic E-state index is 13.9. The summed E-state index contributed by atoms with van der Waals surface area (Å²) < 4.78 is 20.4. The highest BCUT2D eigenvalue weighted by molar-refractivity contribution is 5.91. The number of para-hydroxylation sites is 1. The highest BCUT2D eigenvalue weighted by Crippen LogP contribution is 2.30. The molecule has 2 fully saturated rings. The zero-order valence-electron chi connectivity index (χ0n) is 15.5. The lowest BCUT2D eigenvalue weighted by Crippen LogP contribution is -2.46. The molecule has 2 aromatic rings. The Morgan fingerprint density at radius 3 is 2.71 bits per heavy atom. The van der Waals surface area contributed by atoms with Gasteiger partial charge in [0.25, 0.3) is 0 Å². The summed E-state index contributed by atoms with van der Waals surface area (Å²) in [6, 6.07) is 8.14. The number of amides is 2. The van der Waals surface area contributed by atoms with Gasteiger partial charge in [-0.2, -0.15) is 0 Å². The van der Waals surface area contributed by atoms with Crippen LogP contribution in [-0.2, 0) is 9.53 Å². The number of hydrogen-bond donors (Lipinski definition) is 1. The number of cyclic esters (lactones) is 1. The smallest absolute Gasteiger partial charge is 0.410 e. The number of anilines is 1. The molecular formula is C20H23FN4O3. The number of carbonyl (C=O) groups excluding carboxylic acids is 2. The van der Waals surface area contributed by atoms with Crippen LogP contribution in [0.5, 0.6) is 0 Å². The third-order valence-electron chi connectivity index (χ3n) is 5.45. The lowest BCUT2D eigenvalue weighted by molar-refractivity contribution is -0.121. The van der Waals surface area contributed by atoms with Gasteiger partial charge in [-0.3, -0.25) is 4.79 Å². The molecule has 0 spiro atoms. The summed E-state index contributed by atoms with van der Waals surface area (Å²) in [6.07, 6.45) is 5.25. The molecule has 28 heavy (non-hydrogen) atoms. The second kappa shape index (κ2) is 8.00. The summed E-state index contributed by atoms with van der Waals surface area (Å²) >= 11 is 0. The number of carbonyl (C=O) groups is 2. The van der Waals surface area contributed by atoms with Gasteiger partial charge in [-0.1, -0.05) is 12.1 Å². The Hall–Kier alpha value is -2.90. The number of hydrogen-bond acceptors (Lipinski definition) is 4. The standard InChI is InChI=1S/C20H23FN4O3/c21-16-4-1-2-5-17(16)25-12-10-18(23-25)22-19(26)14-6-8-15(9-7-14)24-11-3-13-28-20(24)27/h1-2,4-5,10,12,14-15H,3,6-9,11,13H2,(H,22,23,26)/t14-,15+. The van der Waals surface area contributed by atoms with Gasteiger partial charge in [-0.15, -0.1) is 5.10 Å². The molecule has 2 heterocycles. The average molecular weight is 386 g/mol. The van der Waals surface area contributed by atoms with Crippen molar-refractivity contribution in [2.75, 3.05) is 18.5 Å². The molecule has 1 aliphatic heterocycles. The molecule has 0 atom stereocenters.